The van der Waals surface area contributed by atoms with Gasteiger partial charge in [-0.1, -0.05) is 49.3 Å². The number of fused-ring (bicyclic) bond motifs is 3. The molecule has 0 radical (unpaired) electrons. The molecule has 2 heterocycles. The summed E-state index contributed by atoms with van der Waals surface area (Å²) in [6, 6.07) is 9.30. The summed E-state index contributed by atoms with van der Waals surface area (Å²) in [6.07, 6.45) is 20.9. The quantitative estimate of drug-likeness (QED) is 0.642. The molecule has 0 aromatic heterocycles. The minimum absolute atomic E-state index is 0.319. The lowest BCUT2D eigenvalue weighted by Crippen LogP contribution is -2.52. The van der Waals surface area contributed by atoms with Crippen molar-refractivity contribution in [3.05, 3.63) is 45.8 Å². The third-order valence-corrected chi connectivity index (χ3v) is 9.65. The zero-order valence-electron chi connectivity index (χ0n) is 21.8. The fourth-order valence-electron chi connectivity index (χ4n) is 7.49. The van der Waals surface area contributed by atoms with Gasteiger partial charge in [-0.15, -0.1) is 0 Å². The predicted octanol–water partition coefficient (Wildman–Crippen LogP) is 4.86. The van der Waals surface area contributed by atoms with Crippen LogP contribution >= 0.6 is 0 Å². The normalized spacial score (nSPS) is 35.2. The number of benzene rings is 1. The average molecular weight is 473 g/mol. The molecule has 6 rings (SSSR count). The van der Waals surface area contributed by atoms with Gasteiger partial charge >= 0.3 is 0 Å². The molecule has 4 fully saturated rings. The molecular formula is C32H44N2O. The van der Waals surface area contributed by atoms with Crippen molar-refractivity contribution in [3.8, 4) is 0 Å². The zero-order chi connectivity index (χ0) is 23.9. The third kappa shape index (κ3) is 5.37. The van der Waals surface area contributed by atoms with Crippen molar-refractivity contribution < 1.29 is 4.79 Å². The summed E-state index contributed by atoms with van der Waals surface area (Å²) in [4.78, 5) is 15.6. The lowest BCUT2D eigenvalue weighted by Gasteiger charge is -2.48. The van der Waals surface area contributed by atoms with Crippen molar-refractivity contribution in [2.24, 2.45) is 17.8 Å². The van der Waals surface area contributed by atoms with E-state index in [9.17, 15) is 4.79 Å². The number of nitrogens with one attached hydrogen (secondary N) is 1. The summed E-state index contributed by atoms with van der Waals surface area (Å²) in [5.74, 6) is 2.25. The number of carbonyl (C=O) groups excluding carboxylic acids is 1. The molecule has 35 heavy (non-hydrogen) atoms. The van der Waals surface area contributed by atoms with Crippen molar-refractivity contribution in [3.63, 3.8) is 0 Å². The van der Waals surface area contributed by atoms with Crippen molar-refractivity contribution in [1.82, 2.24) is 10.2 Å². The highest BCUT2D eigenvalue weighted by Gasteiger charge is 2.43. The van der Waals surface area contributed by atoms with E-state index in [-0.39, 0.29) is 0 Å². The number of carbonyl (C=O) groups is 1. The molecule has 3 nitrogen and oxygen atoms in total. The van der Waals surface area contributed by atoms with Crippen LogP contribution in [0, 0.1) is 17.8 Å². The largest absolute Gasteiger partial charge is 0.304 e. The van der Waals surface area contributed by atoms with Gasteiger partial charge in [0.25, 0.3) is 0 Å². The lowest BCUT2D eigenvalue weighted by atomic mass is 9.75. The molecule has 3 atom stereocenters. The molecule has 1 aromatic carbocycles. The van der Waals surface area contributed by atoms with Gasteiger partial charge in [0.2, 0.25) is 0 Å². The Balaban J connectivity index is 1.17. The van der Waals surface area contributed by atoms with Gasteiger partial charge in [0, 0.05) is 42.5 Å². The van der Waals surface area contributed by atoms with Crippen LogP contribution in [0.1, 0.15) is 90.0 Å². The molecule has 2 saturated heterocycles. The van der Waals surface area contributed by atoms with Gasteiger partial charge in [-0.2, -0.15) is 0 Å². The highest BCUT2D eigenvalue weighted by molar-refractivity contribution is 5.85. The average Bonchev–Trinajstić information content (AvgIpc) is 3.67. The number of rotatable bonds is 6. The zero-order valence-corrected chi connectivity index (χ0v) is 21.8. The predicted molar refractivity (Wildman–Crippen MR) is 144 cm³/mol. The Labute approximate surface area is 211 Å². The number of allylic oxidation sites excluding steroid dienone is 1. The van der Waals surface area contributed by atoms with E-state index in [4.69, 9.17) is 0 Å². The Kier molecular flexibility index (Phi) is 6.75. The van der Waals surface area contributed by atoms with Gasteiger partial charge in [0.15, 0.2) is 0 Å². The van der Waals surface area contributed by atoms with E-state index >= 15 is 0 Å². The maximum atomic E-state index is 12.8. The first-order valence-electron chi connectivity index (χ1n) is 14.6. The van der Waals surface area contributed by atoms with E-state index in [2.05, 4.69) is 60.5 Å². The second kappa shape index (κ2) is 9.98. The summed E-state index contributed by atoms with van der Waals surface area (Å²) in [5, 5.41) is 6.66. The van der Waals surface area contributed by atoms with Gasteiger partial charge in [0.1, 0.15) is 5.78 Å². The van der Waals surface area contributed by atoms with E-state index in [1.165, 1.54) is 66.5 Å². The molecule has 2 aliphatic heterocycles. The van der Waals surface area contributed by atoms with Crippen molar-refractivity contribution in [2.45, 2.75) is 115 Å². The van der Waals surface area contributed by atoms with Crippen LogP contribution in [0.4, 0.5) is 0 Å². The summed E-state index contributed by atoms with van der Waals surface area (Å²) >= 11 is 0. The number of hydrogen-bond acceptors (Lipinski definition) is 3. The molecule has 188 valence electrons. The highest BCUT2D eigenvalue weighted by atomic mass is 16.1. The number of piperidine rings is 2. The minimum Gasteiger partial charge on any atom is -0.304 e. The first-order chi connectivity index (χ1) is 17.0. The number of hydrogen-bond donors (Lipinski definition) is 1. The second-order valence-corrected chi connectivity index (χ2v) is 12.6. The highest BCUT2D eigenvalue weighted by Crippen LogP contribution is 2.42. The van der Waals surface area contributed by atoms with Gasteiger partial charge in [-0.05, 0) is 99.1 Å². The smallest absolute Gasteiger partial charge is 0.139 e. The Bertz CT molecular complexity index is 1080. The molecule has 0 spiro atoms. The van der Waals surface area contributed by atoms with Crippen molar-refractivity contribution in [1.29, 1.82) is 0 Å². The Morgan fingerprint density at radius 1 is 0.914 bits per heavy atom. The summed E-state index contributed by atoms with van der Waals surface area (Å²) < 4.78 is 0. The molecule has 5 aliphatic rings. The third-order valence-electron chi connectivity index (χ3n) is 9.65. The summed E-state index contributed by atoms with van der Waals surface area (Å²) in [6.45, 7) is 5.68. The van der Waals surface area contributed by atoms with Crippen LogP contribution in [-0.4, -0.2) is 34.9 Å². The molecule has 3 aliphatic carbocycles. The van der Waals surface area contributed by atoms with E-state index in [1.807, 2.05) is 0 Å². The van der Waals surface area contributed by atoms with Gasteiger partial charge in [-0.25, -0.2) is 0 Å². The number of Topliss-reactive ketones (excluding diaryl/α,β-unsaturated/α-hetero) is 1. The molecule has 1 aromatic rings. The summed E-state index contributed by atoms with van der Waals surface area (Å²) in [7, 11) is 0. The topological polar surface area (TPSA) is 32.3 Å². The number of nitrogens with zero attached hydrogens (tertiary/aromatic N) is 1. The van der Waals surface area contributed by atoms with Gasteiger partial charge < -0.3 is 5.32 Å². The summed E-state index contributed by atoms with van der Waals surface area (Å²) in [5.41, 5.74) is 2.79. The maximum Gasteiger partial charge on any atom is 0.139 e. The molecule has 1 N–H and O–H groups in total. The first kappa shape index (κ1) is 23.7. The Morgan fingerprint density at radius 2 is 1.66 bits per heavy atom. The minimum atomic E-state index is 0.319. The van der Waals surface area contributed by atoms with E-state index in [0.717, 1.165) is 38.1 Å². The lowest BCUT2D eigenvalue weighted by molar-refractivity contribution is -0.128. The molecular weight excluding hydrogens is 428 g/mol. The SMILES string of the molecule is CC1=CC(NC2CCC(C)CC2)C=c2ccc(CN3C4CCCC3CC(C(=O)C3CC3)C4)cc2=C1. The van der Waals surface area contributed by atoms with Crippen LogP contribution in [-0.2, 0) is 11.3 Å². The van der Waals surface area contributed by atoms with Crippen LogP contribution in [0.3, 0.4) is 0 Å². The van der Waals surface area contributed by atoms with Crippen LogP contribution in [0.15, 0.2) is 29.8 Å². The fourth-order valence-corrected chi connectivity index (χ4v) is 7.49. The maximum absolute atomic E-state index is 12.8. The molecule has 3 heteroatoms. The second-order valence-electron chi connectivity index (χ2n) is 12.6. The van der Waals surface area contributed by atoms with Gasteiger partial charge in [-0.3, -0.25) is 9.69 Å². The van der Waals surface area contributed by atoms with Crippen LogP contribution < -0.4 is 15.8 Å². The van der Waals surface area contributed by atoms with E-state index in [1.54, 1.807) is 0 Å². The van der Waals surface area contributed by atoms with Crippen molar-refractivity contribution in [2.75, 3.05) is 0 Å². The molecule has 0 amide bonds. The first-order valence-corrected chi connectivity index (χ1v) is 14.6. The van der Waals surface area contributed by atoms with Crippen LogP contribution in [0.2, 0.25) is 0 Å². The molecule has 2 saturated carbocycles. The number of ketones is 1. The monoisotopic (exact) mass is 472 g/mol. The Morgan fingerprint density at radius 3 is 2.37 bits per heavy atom. The van der Waals surface area contributed by atoms with Gasteiger partial charge in [0.05, 0.1) is 0 Å². The van der Waals surface area contributed by atoms with E-state index in [0.29, 0.717) is 41.8 Å². The fraction of sp³-hybridized carbons (Fsp3) is 0.656. The Hall–Kier alpha value is -1.71. The molecule has 2 bridgehead atoms. The standard InChI is InChI=1S/C32H44N2O/c1-21-6-12-28(13-7-21)33-29-15-22(2)14-26-16-23(8-9-25(26)17-29)20-34-30-4-3-5-31(34)19-27(18-30)32(35)24-10-11-24/h8-9,14-17,21,24,27-31,33H,3-7,10-13,18-20H2,1-2H3. The van der Waals surface area contributed by atoms with E-state index < -0.39 is 0 Å². The molecule has 3 unspecified atom stereocenters. The van der Waals surface area contributed by atoms with Crippen LogP contribution in [0.25, 0.3) is 12.2 Å². The van der Waals surface area contributed by atoms with Crippen LogP contribution in [0.5, 0.6) is 0 Å². The van der Waals surface area contributed by atoms with Crippen molar-refractivity contribution >= 4 is 17.9 Å².